The zero-order valence-corrected chi connectivity index (χ0v) is 21.7. The molecule has 39 heavy (non-hydrogen) atoms. The fraction of sp³-hybridized carbons (Fsp3) is 0.276. The highest BCUT2D eigenvalue weighted by Crippen LogP contribution is 2.36. The Kier molecular flexibility index (Phi) is 7.23. The summed E-state index contributed by atoms with van der Waals surface area (Å²) in [5.41, 5.74) is 7.37. The third-order valence-corrected chi connectivity index (χ3v) is 6.57. The van der Waals surface area contributed by atoms with Crippen LogP contribution in [0.15, 0.2) is 66.5 Å². The Bertz CT molecular complexity index is 1590. The smallest absolute Gasteiger partial charge is 0.264 e. The van der Waals surface area contributed by atoms with Crippen molar-refractivity contribution in [3.8, 4) is 28.8 Å². The van der Waals surface area contributed by atoms with E-state index in [1.54, 1.807) is 39.9 Å². The molecule has 198 valence electrons. The van der Waals surface area contributed by atoms with E-state index in [0.717, 1.165) is 6.42 Å². The van der Waals surface area contributed by atoms with Gasteiger partial charge in [-0.25, -0.2) is 19.0 Å². The highest BCUT2D eigenvalue weighted by Gasteiger charge is 2.30. The number of nitrogens with two attached hydrogens (primary N) is 1. The molecule has 0 spiro atoms. The van der Waals surface area contributed by atoms with E-state index in [-0.39, 0.29) is 34.8 Å². The lowest BCUT2D eigenvalue weighted by molar-refractivity contribution is -0.128. The average molecular weight is 526 g/mol. The van der Waals surface area contributed by atoms with Gasteiger partial charge in [-0.15, -0.1) is 0 Å². The number of likely N-dealkylation sites (tertiary alicyclic amines) is 1. The lowest BCUT2D eigenvalue weighted by atomic mass is 10.0. The Balaban J connectivity index is 1.49. The van der Waals surface area contributed by atoms with Gasteiger partial charge < -0.3 is 15.4 Å². The van der Waals surface area contributed by atoms with E-state index in [1.165, 1.54) is 12.4 Å². The van der Waals surface area contributed by atoms with Crippen LogP contribution in [0.1, 0.15) is 32.7 Å². The molecule has 1 aliphatic rings. The summed E-state index contributed by atoms with van der Waals surface area (Å²) < 4.78 is 22.9. The van der Waals surface area contributed by atoms with Crippen LogP contribution in [0.3, 0.4) is 0 Å². The number of nitrogen functional groups attached to an aromatic ring is 1. The molecular weight excluding hydrogens is 497 g/mol. The van der Waals surface area contributed by atoms with E-state index in [0.29, 0.717) is 47.7 Å². The van der Waals surface area contributed by atoms with Crippen molar-refractivity contribution < 1.29 is 13.9 Å². The minimum atomic E-state index is -0.531. The molecule has 1 amide bonds. The quantitative estimate of drug-likeness (QED) is 0.268. The van der Waals surface area contributed by atoms with Gasteiger partial charge in [0.25, 0.3) is 5.91 Å². The number of para-hydroxylation sites is 1. The molecule has 4 aromatic rings. The lowest BCUT2D eigenvalue weighted by Gasteiger charge is -2.33. The van der Waals surface area contributed by atoms with E-state index < -0.39 is 5.82 Å². The second kappa shape index (κ2) is 10.9. The lowest BCUT2D eigenvalue weighted by Crippen LogP contribution is -2.41. The molecule has 0 saturated carbocycles. The van der Waals surface area contributed by atoms with Gasteiger partial charge in [-0.2, -0.15) is 10.4 Å². The fourth-order valence-corrected chi connectivity index (χ4v) is 4.81. The van der Waals surface area contributed by atoms with Crippen LogP contribution >= 0.6 is 0 Å². The Morgan fingerprint density at radius 2 is 2.00 bits per heavy atom. The molecule has 3 heterocycles. The van der Waals surface area contributed by atoms with Crippen molar-refractivity contribution in [3.05, 3.63) is 72.3 Å². The number of carbonyl (C=O) groups excluding carboxylic acids is 1. The van der Waals surface area contributed by atoms with Crippen molar-refractivity contribution in [2.24, 2.45) is 5.92 Å². The molecule has 0 radical (unpaired) electrons. The molecule has 1 saturated heterocycles. The van der Waals surface area contributed by atoms with Gasteiger partial charge >= 0.3 is 0 Å². The van der Waals surface area contributed by atoms with Gasteiger partial charge in [0.2, 0.25) is 0 Å². The highest BCUT2D eigenvalue weighted by atomic mass is 19.1. The number of allylic oxidation sites excluding steroid dienone is 1. The standard InChI is InChI=1S/C29H28FN7O2/c1-18(2)13-19(15-31)29(38)36-12-6-7-20(16-36)37-28-25(27(32)33-17-34-28)26(35-37)23-11-10-22(14-24(23)30)39-21-8-4-3-5-9-21/h3-5,8-11,13-14,17-18,20H,6-7,12,16H2,1-2H3,(H2,32,33,34)/b19-13+/t20-/m1/s1. The predicted octanol–water partition coefficient (Wildman–Crippen LogP) is 5.28. The number of carbonyl (C=O) groups is 1. The van der Waals surface area contributed by atoms with Gasteiger partial charge in [-0.3, -0.25) is 4.79 Å². The number of fused-ring (bicyclic) bond motifs is 1. The molecule has 0 aliphatic carbocycles. The topological polar surface area (TPSA) is 123 Å². The highest BCUT2D eigenvalue weighted by molar-refractivity contribution is 5.99. The molecule has 2 aromatic carbocycles. The van der Waals surface area contributed by atoms with Crippen LogP contribution in [0.4, 0.5) is 10.2 Å². The van der Waals surface area contributed by atoms with Crippen LogP contribution in [-0.2, 0) is 4.79 Å². The number of piperidine rings is 1. The third kappa shape index (κ3) is 5.29. The average Bonchev–Trinajstić information content (AvgIpc) is 3.33. The summed E-state index contributed by atoms with van der Waals surface area (Å²) in [5, 5.41) is 14.7. The second-order valence-corrected chi connectivity index (χ2v) is 9.79. The summed E-state index contributed by atoms with van der Waals surface area (Å²) in [4.78, 5) is 23.3. The molecule has 1 atom stereocenters. The number of nitrogens with zero attached hydrogens (tertiary/aromatic N) is 6. The summed E-state index contributed by atoms with van der Waals surface area (Å²) in [6, 6.07) is 15.5. The largest absolute Gasteiger partial charge is 0.457 e. The van der Waals surface area contributed by atoms with Crippen LogP contribution in [0.25, 0.3) is 22.3 Å². The van der Waals surface area contributed by atoms with Gasteiger partial charge in [0.15, 0.2) is 5.65 Å². The molecule has 2 N–H and O–H groups in total. The summed E-state index contributed by atoms with van der Waals surface area (Å²) in [6.07, 6.45) is 4.47. The normalized spacial score (nSPS) is 15.9. The van der Waals surface area contributed by atoms with Crippen molar-refractivity contribution in [2.75, 3.05) is 18.8 Å². The maximum absolute atomic E-state index is 15.4. The SMILES string of the molecule is CC(C)/C=C(\C#N)C(=O)N1CCC[C@@H](n2nc(-c3ccc(Oc4ccccc4)cc3F)c3c(N)ncnc32)C1. The van der Waals surface area contributed by atoms with Crippen molar-refractivity contribution >= 4 is 22.8 Å². The number of benzene rings is 2. The van der Waals surface area contributed by atoms with E-state index in [1.807, 2.05) is 38.1 Å². The maximum atomic E-state index is 15.4. The molecule has 9 nitrogen and oxygen atoms in total. The van der Waals surface area contributed by atoms with Crippen molar-refractivity contribution in [1.82, 2.24) is 24.6 Å². The summed E-state index contributed by atoms with van der Waals surface area (Å²) >= 11 is 0. The number of rotatable bonds is 6. The Hall–Kier alpha value is -4.78. The van der Waals surface area contributed by atoms with Crippen LogP contribution in [0.2, 0.25) is 0 Å². The summed E-state index contributed by atoms with van der Waals surface area (Å²) in [6.45, 7) is 4.71. The van der Waals surface area contributed by atoms with Gasteiger partial charge in [-0.05, 0) is 43.0 Å². The number of ether oxygens (including phenoxy) is 1. The first-order valence-electron chi connectivity index (χ1n) is 12.8. The third-order valence-electron chi connectivity index (χ3n) is 6.57. The monoisotopic (exact) mass is 525 g/mol. The number of amides is 1. The van der Waals surface area contributed by atoms with E-state index in [9.17, 15) is 10.1 Å². The fourth-order valence-electron chi connectivity index (χ4n) is 4.81. The molecular formula is C29H28FN7O2. The van der Waals surface area contributed by atoms with Gasteiger partial charge in [0.1, 0.15) is 46.8 Å². The number of hydrogen-bond acceptors (Lipinski definition) is 7. The van der Waals surface area contributed by atoms with E-state index in [4.69, 9.17) is 15.6 Å². The molecule has 10 heteroatoms. The van der Waals surface area contributed by atoms with Crippen molar-refractivity contribution in [2.45, 2.75) is 32.7 Å². The molecule has 1 fully saturated rings. The van der Waals surface area contributed by atoms with E-state index in [2.05, 4.69) is 9.97 Å². The number of nitriles is 1. The van der Waals surface area contributed by atoms with Crippen LogP contribution < -0.4 is 10.5 Å². The molecule has 1 aliphatic heterocycles. The first-order valence-corrected chi connectivity index (χ1v) is 12.8. The van der Waals surface area contributed by atoms with Crippen LogP contribution in [0.5, 0.6) is 11.5 Å². The van der Waals surface area contributed by atoms with Gasteiger partial charge in [0.05, 0.1) is 11.4 Å². The molecule has 5 rings (SSSR count). The van der Waals surface area contributed by atoms with Crippen LogP contribution in [0, 0.1) is 23.1 Å². The minimum absolute atomic E-state index is 0.0702. The zero-order chi connectivity index (χ0) is 27.5. The number of halogens is 1. The van der Waals surface area contributed by atoms with Crippen molar-refractivity contribution in [1.29, 1.82) is 5.26 Å². The predicted molar refractivity (Wildman–Crippen MR) is 145 cm³/mol. The summed E-state index contributed by atoms with van der Waals surface area (Å²) in [7, 11) is 0. The number of anilines is 1. The van der Waals surface area contributed by atoms with Crippen molar-refractivity contribution in [3.63, 3.8) is 0 Å². The van der Waals surface area contributed by atoms with E-state index >= 15 is 4.39 Å². The maximum Gasteiger partial charge on any atom is 0.264 e. The number of hydrogen-bond donors (Lipinski definition) is 1. The molecule has 0 unspecified atom stereocenters. The molecule has 0 bridgehead atoms. The summed E-state index contributed by atoms with van der Waals surface area (Å²) in [5.74, 6) is 0.357. The van der Waals surface area contributed by atoms with Gasteiger partial charge in [-0.1, -0.05) is 38.1 Å². The Labute approximate surface area is 225 Å². The number of aromatic nitrogens is 4. The Morgan fingerprint density at radius 3 is 2.72 bits per heavy atom. The molecule has 2 aromatic heterocycles. The minimum Gasteiger partial charge on any atom is -0.457 e. The van der Waals surface area contributed by atoms with Crippen LogP contribution in [-0.4, -0.2) is 43.6 Å². The van der Waals surface area contributed by atoms with Gasteiger partial charge in [0, 0.05) is 24.7 Å². The second-order valence-electron chi connectivity index (χ2n) is 9.79. The first kappa shape index (κ1) is 25.9. The first-order chi connectivity index (χ1) is 18.9. The Morgan fingerprint density at radius 1 is 1.21 bits per heavy atom. The zero-order valence-electron chi connectivity index (χ0n) is 21.7.